The first-order valence-corrected chi connectivity index (χ1v) is 11.0. The van der Waals surface area contributed by atoms with Crippen molar-refractivity contribution in [3.05, 3.63) is 70.5 Å². The number of allylic oxidation sites excluding steroid dienone is 1. The fourth-order valence-corrected chi connectivity index (χ4v) is 6.02. The quantitative estimate of drug-likeness (QED) is 0.597. The molecule has 22 heavy (non-hydrogen) atoms. The zero-order chi connectivity index (χ0) is 16.0. The lowest BCUT2D eigenvalue weighted by Gasteiger charge is -2.03. The van der Waals surface area contributed by atoms with E-state index >= 15 is 0 Å². The molecule has 0 fully saturated rings. The highest BCUT2D eigenvalue weighted by molar-refractivity contribution is 8.79. The molecule has 1 aromatic carbocycles. The van der Waals surface area contributed by atoms with Crippen LogP contribution in [0.4, 0.5) is 0 Å². The van der Waals surface area contributed by atoms with Crippen molar-refractivity contribution < 1.29 is 8.42 Å². The minimum Gasteiger partial charge on any atom is -0.223 e. The Morgan fingerprint density at radius 1 is 1.05 bits per heavy atom. The van der Waals surface area contributed by atoms with Gasteiger partial charge < -0.3 is 0 Å². The van der Waals surface area contributed by atoms with Gasteiger partial charge in [-0.25, -0.2) is 8.42 Å². The molecule has 2 nitrogen and oxygen atoms in total. The van der Waals surface area contributed by atoms with Crippen molar-refractivity contribution in [2.75, 3.05) is 6.26 Å². The summed E-state index contributed by atoms with van der Waals surface area (Å²) in [6, 6.07) is 18.5. The summed E-state index contributed by atoms with van der Waals surface area (Å²) < 4.78 is 23.0. The number of fused-ring (bicyclic) bond motifs is 1. The normalized spacial score (nSPS) is 12.4. The van der Waals surface area contributed by atoms with Gasteiger partial charge in [0.2, 0.25) is 0 Å². The van der Waals surface area contributed by atoms with E-state index in [0.29, 0.717) is 4.24 Å². The molecule has 2 aliphatic rings. The highest BCUT2D eigenvalue weighted by atomic mass is 33.1. The zero-order valence-electron chi connectivity index (χ0n) is 12.5. The molecule has 0 atom stereocenters. The standard InChI is InChI=1S/C11H14O2S3.C6H4/c1-3-11(16(2,12)13)15-14-9-10-7-5-4-6-8-10;1-2-5-4-6(5)3-1/h3-8H,9H2,1-2H3;1-4H. The van der Waals surface area contributed by atoms with Crippen LogP contribution in [0.3, 0.4) is 0 Å². The van der Waals surface area contributed by atoms with Crippen LogP contribution in [0, 0.1) is 0 Å². The lowest BCUT2D eigenvalue weighted by Crippen LogP contribution is -1.95. The fraction of sp³-hybridized carbons (Fsp3) is 0.176. The highest BCUT2D eigenvalue weighted by Gasteiger charge is 2.11. The van der Waals surface area contributed by atoms with Gasteiger partial charge in [0.25, 0.3) is 0 Å². The minimum absolute atomic E-state index is 0.424. The number of sulfone groups is 1. The van der Waals surface area contributed by atoms with Crippen LogP contribution >= 0.6 is 21.6 Å². The van der Waals surface area contributed by atoms with Crippen molar-refractivity contribution >= 4 is 31.4 Å². The maximum absolute atomic E-state index is 11.3. The monoisotopic (exact) mass is 350 g/mol. The molecule has 0 spiro atoms. The van der Waals surface area contributed by atoms with Crippen LogP contribution in [-0.4, -0.2) is 14.7 Å². The second kappa shape index (κ2) is 7.90. The highest BCUT2D eigenvalue weighted by Crippen LogP contribution is 2.35. The molecular weight excluding hydrogens is 332 g/mol. The molecule has 0 heterocycles. The van der Waals surface area contributed by atoms with Crippen molar-refractivity contribution in [3.8, 4) is 11.1 Å². The van der Waals surface area contributed by atoms with Gasteiger partial charge in [0.15, 0.2) is 9.84 Å². The van der Waals surface area contributed by atoms with Crippen molar-refractivity contribution in [2.24, 2.45) is 0 Å². The predicted molar refractivity (Wildman–Crippen MR) is 99.4 cm³/mol. The van der Waals surface area contributed by atoms with E-state index < -0.39 is 9.84 Å². The smallest absolute Gasteiger partial charge is 0.181 e. The Balaban J connectivity index is 0.000000238. The third kappa shape index (κ3) is 5.55. The first-order chi connectivity index (χ1) is 10.5. The summed E-state index contributed by atoms with van der Waals surface area (Å²) in [6.07, 6.45) is 2.87. The molecule has 0 N–H and O–H groups in total. The van der Waals surface area contributed by atoms with Gasteiger partial charge in [-0.2, -0.15) is 0 Å². The van der Waals surface area contributed by atoms with Crippen molar-refractivity contribution in [3.63, 3.8) is 0 Å². The largest absolute Gasteiger partial charge is 0.223 e. The van der Waals surface area contributed by atoms with Gasteiger partial charge in [-0.15, -0.1) is 0 Å². The molecular formula is C17H18O2S3. The topological polar surface area (TPSA) is 34.1 Å². The Labute approximate surface area is 140 Å². The molecule has 0 amide bonds. The van der Waals surface area contributed by atoms with E-state index in [1.165, 1.54) is 44.5 Å². The summed E-state index contributed by atoms with van der Waals surface area (Å²) in [6.45, 7) is 1.74. The van der Waals surface area contributed by atoms with Crippen molar-refractivity contribution in [1.82, 2.24) is 0 Å². The molecule has 0 bridgehead atoms. The average molecular weight is 351 g/mol. The molecule has 116 valence electrons. The van der Waals surface area contributed by atoms with Crippen molar-refractivity contribution in [2.45, 2.75) is 12.7 Å². The lowest BCUT2D eigenvalue weighted by molar-refractivity contribution is 0.609. The molecule has 5 heteroatoms. The summed E-state index contributed by atoms with van der Waals surface area (Å²) >= 11 is 0. The lowest BCUT2D eigenvalue weighted by atomic mass is 10.2. The first kappa shape index (κ1) is 17.2. The van der Waals surface area contributed by atoms with E-state index in [2.05, 4.69) is 24.3 Å². The van der Waals surface area contributed by atoms with Crippen LogP contribution in [0.15, 0.2) is 64.9 Å². The Bertz CT molecular complexity index is 733. The number of rotatable bonds is 5. The van der Waals surface area contributed by atoms with Gasteiger partial charge in [0.05, 0.1) is 0 Å². The second-order valence-electron chi connectivity index (χ2n) is 4.79. The van der Waals surface area contributed by atoms with Crippen LogP contribution in [0.5, 0.6) is 0 Å². The van der Waals surface area contributed by atoms with Crippen molar-refractivity contribution in [1.29, 1.82) is 0 Å². The molecule has 2 aliphatic carbocycles. The summed E-state index contributed by atoms with van der Waals surface area (Å²) in [4.78, 5) is 0. The second-order valence-corrected chi connectivity index (χ2v) is 9.37. The van der Waals surface area contributed by atoms with E-state index in [1.54, 1.807) is 13.0 Å². The predicted octanol–water partition coefficient (Wildman–Crippen LogP) is 5.14. The van der Waals surface area contributed by atoms with E-state index in [1.807, 2.05) is 30.3 Å². The Morgan fingerprint density at radius 2 is 1.68 bits per heavy atom. The third-order valence-corrected chi connectivity index (χ3v) is 7.58. The van der Waals surface area contributed by atoms with Gasteiger partial charge in [-0.05, 0) is 40.5 Å². The maximum Gasteiger partial charge on any atom is 0.181 e. The number of hydrogen-bond acceptors (Lipinski definition) is 4. The van der Waals surface area contributed by atoms with E-state index in [9.17, 15) is 8.42 Å². The van der Waals surface area contributed by atoms with Gasteiger partial charge >= 0.3 is 0 Å². The average Bonchev–Trinajstić information content (AvgIpc) is 3.10. The third-order valence-electron chi connectivity index (χ3n) is 2.92. The van der Waals surface area contributed by atoms with Gasteiger partial charge in [0, 0.05) is 12.0 Å². The Hall–Kier alpha value is -1.17. The summed E-state index contributed by atoms with van der Waals surface area (Å²) in [7, 11) is -0.218. The van der Waals surface area contributed by atoms with E-state index in [-0.39, 0.29) is 0 Å². The summed E-state index contributed by atoms with van der Waals surface area (Å²) in [5.41, 5.74) is 4.05. The summed E-state index contributed by atoms with van der Waals surface area (Å²) in [5.74, 6) is 0.804. The Morgan fingerprint density at radius 3 is 2.09 bits per heavy atom. The molecule has 0 radical (unpaired) electrons. The molecule has 0 saturated heterocycles. The molecule has 0 unspecified atom stereocenters. The van der Waals surface area contributed by atoms with Gasteiger partial charge in [0.1, 0.15) is 4.24 Å². The van der Waals surface area contributed by atoms with Crippen LogP contribution in [0.25, 0.3) is 11.1 Å². The molecule has 0 saturated carbocycles. The summed E-state index contributed by atoms with van der Waals surface area (Å²) in [5, 5.41) is 0. The van der Waals surface area contributed by atoms with E-state index in [0.717, 1.165) is 5.75 Å². The van der Waals surface area contributed by atoms with Crippen LogP contribution in [0.2, 0.25) is 0 Å². The number of hydrogen-bond donors (Lipinski definition) is 0. The SMILES string of the molecule is CC=C(SSCc1ccccc1)S(C)(=O)=O.c1cc2cc-2c1. The molecule has 0 aromatic heterocycles. The molecule has 1 aromatic rings. The molecule has 0 aliphatic heterocycles. The van der Waals surface area contributed by atoms with Crippen LogP contribution in [0.1, 0.15) is 12.5 Å². The van der Waals surface area contributed by atoms with Crippen LogP contribution in [-0.2, 0) is 15.6 Å². The zero-order valence-corrected chi connectivity index (χ0v) is 15.0. The maximum atomic E-state index is 11.3. The fourth-order valence-electron chi connectivity index (χ4n) is 1.73. The minimum atomic E-state index is -3.07. The van der Waals surface area contributed by atoms with Gasteiger partial charge in [-0.1, -0.05) is 65.4 Å². The van der Waals surface area contributed by atoms with Gasteiger partial charge in [-0.3, -0.25) is 0 Å². The number of benzene rings is 2. The first-order valence-electron chi connectivity index (χ1n) is 6.81. The molecule has 3 rings (SSSR count). The van der Waals surface area contributed by atoms with E-state index in [4.69, 9.17) is 0 Å². The Kier molecular flexibility index (Phi) is 6.17. The van der Waals surface area contributed by atoms with Crippen LogP contribution < -0.4 is 0 Å².